The van der Waals surface area contributed by atoms with Gasteiger partial charge in [-0.05, 0) is 12.7 Å². The van der Waals surface area contributed by atoms with E-state index in [4.69, 9.17) is 11.6 Å². The highest BCUT2D eigenvalue weighted by molar-refractivity contribution is 7.98. The Bertz CT molecular complexity index is 444. The lowest BCUT2D eigenvalue weighted by Gasteiger charge is -2.15. The number of thioether (sulfide) groups is 1. The predicted octanol–water partition coefficient (Wildman–Crippen LogP) is 1.06. The van der Waals surface area contributed by atoms with Crippen molar-refractivity contribution in [2.75, 3.05) is 19.3 Å². The predicted molar refractivity (Wildman–Crippen MR) is 65.4 cm³/mol. The smallest absolute Gasteiger partial charge is 0.274 e. The molecule has 2 heterocycles. The highest BCUT2D eigenvalue weighted by Gasteiger charge is 2.27. The molecule has 92 valence electrons. The molecule has 0 radical (unpaired) electrons. The van der Waals surface area contributed by atoms with E-state index in [1.165, 1.54) is 18.0 Å². The molecule has 17 heavy (non-hydrogen) atoms. The number of carbonyl (C=O) groups is 1. The number of halogens is 1. The lowest BCUT2D eigenvalue weighted by molar-refractivity contribution is 0.0758. The van der Waals surface area contributed by atoms with Crippen molar-refractivity contribution in [1.29, 1.82) is 0 Å². The van der Waals surface area contributed by atoms with Gasteiger partial charge in [-0.1, -0.05) is 23.4 Å². The largest absolute Gasteiger partial charge is 0.391 e. The fraction of sp³-hybridized carbons (Fsp3) is 0.500. The summed E-state index contributed by atoms with van der Waals surface area (Å²) in [5, 5.41) is 10.2. The van der Waals surface area contributed by atoms with E-state index in [9.17, 15) is 9.90 Å². The number of amides is 1. The molecule has 1 fully saturated rings. The first-order valence-corrected chi connectivity index (χ1v) is 6.76. The van der Waals surface area contributed by atoms with Gasteiger partial charge in [0.05, 0.1) is 17.3 Å². The maximum atomic E-state index is 12.1. The normalized spacial score (nSPS) is 19.7. The second-order valence-electron chi connectivity index (χ2n) is 3.75. The zero-order valence-electron chi connectivity index (χ0n) is 9.26. The number of aromatic nitrogens is 2. The molecule has 1 saturated heterocycles. The third-order valence-corrected chi connectivity index (χ3v) is 3.40. The molecule has 0 spiro atoms. The Hall–Kier alpha value is -0.850. The van der Waals surface area contributed by atoms with E-state index in [0.29, 0.717) is 24.7 Å². The Kier molecular flexibility index (Phi) is 3.86. The number of β-amino-alcohol motifs (C(OH)–C–C–N with tert-alkyl or cyclic N) is 1. The zero-order chi connectivity index (χ0) is 12.4. The average Bonchev–Trinajstić information content (AvgIpc) is 2.76. The zero-order valence-corrected chi connectivity index (χ0v) is 10.8. The first-order chi connectivity index (χ1) is 8.11. The standard InChI is InChI=1S/C10H12ClN3O2S/c1-17-10-12-4-7(11)8(13-10)9(16)14-3-2-6(15)5-14/h4,6,15H,2-3,5H2,1H3. The minimum atomic E-state index is -0.445. The lowest BCUT2D eigenvalue weighted by atomic mass is 10.3. The Balaban J connectivity index is 2.24. The van der Waals surface area contributed by atoms with E-state index in [1.54, 1.807) is 4.90 Å². The molecule has 1 aromatic rings. The van der Waals surface area contributed by atoms with Gasteiger partial charge in [0.25, 0.3) is 5.91 Å². The second-order valence-corrected chi connectivity index (χ2v) is 4.93. The minimum Gasteiger partial charge on any atom is -0.391 e. The molecule has 1 amide bonds. The molecule has 0 aromatic carbocycles. The summed E-state index contributed by atoms with van der Waals surface area (Å²) in [6.07, 6.45) is 3.42. The van der Waals surface area contributed by atoms with Crippen LogP contribution in [0.2, 0.25) is 5.02 Å². The molecule has 0 aliphatic carbocycles. The summed E-state index contributed by atoms with van der Waals surface area (Å²) >= 11 is 7.27. The van der Waals surface area contributed by atoms with E-state index in [1.807, 2.05) is 6.26 Å². The maximum Gasteiger partial charge on any atom is 0.274 e. The van der Waals surface area contributed by atoms with Gasteiger partial charge in [-0.3, -0.25) is 4.79 Å². The summed E-state index contributed by atoms with van der Waals surface area (Å²) in [5.41, 5.74) is 0.208. The number of hydrogen-bond acceptors (Lipinski definition) is 5. The Morgan fingerprint density at radius 2 is 2.47 bits per heavy atom. The third-order valence-electron chi connectivity index (χ3n) is 2.56. The van der Waals surface area contributed by atoms with Crippen molar-refractivity contribution in [1.82, 2.24) is 14.9 Å². The van der Waals surface area contributed by atoms with Crippen LogP contribution in [0.5, 0.6) is 0 Å². The van der Waals surface area contributed by atoms with Crippen molar-refractivity contribution in [2.45, 2.75) is 17.7 Å². The molecule has 0 bridgehead atoms. The molecule has 2 rings (SSSR count). The van der Waals surface area contributed by atoms with Gasteiger partial charge >= 0.3 is 0 Å². The molecule has 1 atom stereocenters. The number of aliphatic hydroxyl groups is 1. The molecule has 1 aliphatic heterocycles. The topological polar surface area (TPSA) is 66.3 Å². The van der Waals surface area contributed by atoms with Crippen LogP contribution < -0.4 is 0 Å². The molecule has 7 heteroatoms. The molecule has 1 aromatic heterocycles. The van der Waals surface area contributed by atoms with Gasteiger partial charge in [0.15, 0.2) is 10.9 Å². The van der Waals surface area contributed by atoms with E-state index in [2.05, 4.69) is 9.97 Å². The Morgan fingerprint density at radius 1 is 1.71 bits per heavy atom. The number of rotatable bonds is 2. The van der Waals surface area contributed by atoms with Gasteiger partial charge in [-0.15, -0.1) is 0 Å². The van der Waals surface area contributed by atoms with Crippen LogP contribution in [0.15, 0.2) is 11.4 Å². The lowest BCUT2D eigenvalue weighted by Crippen LogP contribution is -2.30. The number of aliphatic hydroxyl groups excluding tert-OH is 1. The number of likely N-dealkylation sites (tertiary alicyclic amines) is 1. The van der Waals surface area contributed by atoms with Crippen molar-refractivity contribution in [2.24, 2.45) is 0 Å². The van der Waals surface area contributed by atoms with Crippen molar-refractivity contribution >= 4 is 29.3 Å². The summed E-state index contributed by atoms with van der Waals surface area (Å²) in [7, 11) is 0. The molecular formula is C10H12ClN3O2S. The fourth-order valence-electron chi connectivity index (χ4n) is 1.68. The van der Waals surface area contributed by atoms with Crippen LogP contribution in [0.1, 0.15) is 16.9 Å². The average molecular weight is 274 g/mol. The van der Waals surface area contributed by atoms with Crippen LogP contribution in [0.3, 0.4) is 0 Å². The fourth-order valence-corrected chi connectivity index (χ4v) is 2.19. The number of hydrogen-bond donors (Lipinski definition) is 1. The summed E-state index contributed by atoms with van der Waals surface area (Å²) in [4.78, 5) is 21.8. The van der Waals surface area contributed by atoms with Gasteiger partial charge in [-0.2, -0.15) is 0 Å². The maximum absolute atomic E-state index is 12.1. The molecule has 1 unspecified atom stereocenters. The van der Waals surface area contributed by atoms with Crippen LogP contribution in [0.25, 0.3) is 0 Å². The van der Waals surface area contributed by atoms with E-state index < -0.39 is 6.10 Å². The van der Waals surface area contributed by atoms with Crippen LogP contribution in [-0.4, -0.2) is 51.3 Å². The third kappa shape index (κ3) is 2.70. The van der Waals surface area contributed by atoms with Crippen molar-refractivity contribution < 1.29 is 9.90 Å². The van der Waals surface area contributed by atoms with E-state index in [0.717, 1.165) is 0 Å². The van der Waals surface area contributed by atoms with Crippen LogP contribution >= 0.6 is 23.4 Å². The summed E-state index contributed by atoms with van der Waals surface area (Å²) in [6, 6.07) is 0. The summed E-state index contributed by atoms with van der Waals surface area (Å²) < 4.78 is 0. The monoisotopic (exact) mass is 273 g/mol. The minimum absolute atomic E-state index is 0.208. The highest BCUT2D eigenvalue weighted by Crippen LogP contribution is 2.20. The van der Waals surface area contributed by atoms with Gasteiger partial charge < -0.3 is 10.0 Å². The highest BCUT2D eigenvalue weighted by atomic mass is 35.5. The van der Waals surface area contributed by atoms with Crippen molar-refractivity contribution in [3.63, 3.8) is 0 Å². The SMILES string of the molecule is CSc1ncc(Cl)c(C(=O)N2CCC(O)C2)n1. The van der Waals surface area contributed by atoms with Crippen LogP contribution in [0, 0.1) is 0 Å². The first kappa shape index (κ1) is 12.6. The second kappa shape index (κ2) is 5.20. The first-order valence-electron chi connectivity index (χ1n) is 5.15. The summed E-state index contributed by atoms with van der Waals surface area (Å²) in [6.45, 7) is 0.878. The molecule has 5 nitrogen and oxygen atoms in total. The Labute approximate surface area is 108 Å². The van der Waals surface area contributed by atoms with Crippen molar-refractivity contribution in [3.8, 4) is 0 Å². The molecule has 1 aliphatic rings. The molecule has 1 N–H and O–H groups in total. The van der Waals surface area contributed by atoms with Gasteiger partial charge in [-0.25, -0.2) is 9.97 Å². The van der Waals surface area contributed by atoms with Crippen LogP contribution in [-0.2, 0) is 0 Å². The number of nitrogens with zero attached hydrogens (tertiary/aromatic N) is 3. The van der Waals surface area contributed by atoms with Gasteiger partial charge in [0, 0.05) is 13.1 Å². The van der Waals surface area contributed by atoms with E-state index >= 15 is 0 Å². The van der Waals surface area contributed by atoms with Gasteiger partial charge in [0.2, 0.25) is 0 Å². The van der Waals surface area contributed by atoms with Crippen LogP contribution in [0.4, 0.5) is 0 Å². The Morgan fingerprint density at radius 3 is 3.06 bits per heavy atom. The summed E-state index contributed by atoms with van der Waals surface area (Å²) in [5.74, 6) is -0.246. The van der Waals surface area contributed by atoms with Gasteiger partial charge in [0.1, 0.15) is 0 Å². The molecular weight excluding hydrogens is 262 g/mol. The van der Waals surface area contributed by atoms with E-state index in [-0.39, 0.29) is 16.6 Å². The number of carbonyl (C=O) groups excluding carboxylic acids is 1. The molecule has 0 saturated carbocycles. The van der Waals surface area contributed by atoms with Crippen molar-refractivity contribution in [3.05, 3.63) is 16.9 Å². The quantitative estimate of drug-likeness (QED) is 0.645.